The van der Waals surface area contributed by atoms with Crippen molar-refractivity contribution in [3.8, 4) is 0 Å². The van der Waals surface area contributed by atoms with E-state index in [2.05, 4.69) is 0 Å². The molecule has 82 valence electrons. The molecular formula is C8H14O6. The second-order valence-electron chi connectivity index (χ2n) is 3.08. The molecular weight excluding hydrogens is 192 g/mol. The molecule has 4 atom stereocenters. The minimum absolute atomic E-state index is 0.00673. The molecule has 3 N–H and O–H groups in total. The molecule has 0 aromatic rings. The van der Waals surface area contributed by atoms with Crippen LogP contribution in [0.25, 0.3) is 0 Å². The van der Waals surface area contributed by atoms with Gasteiger partial charge in [0, 0.05) is 0 Å². The molecule has 0 aromatic heterocycles. The van der Waals surface area contributed by atoms with Gasteiger partial charge in [-0.25, -0.2) is 0 Å². The smallest absolute Gasteiger partial charge is 0.145 e. The lowest BCUT2D eigenvalue weighted by Gasteiger charge is -2.23. The summed E-state index contributed by atoms with van der Waals surface area (Å²) in [5, 5.41) is 27.5. The van der Waals surface area contributed by atoms with Gasteiger partial charge in [-0.05, 0) is 0 Å². The molecule has 0 aliphatic carbocycles. The zero-order valence-corrected chi connectivity index (χ0v) is 7.57. The van der Waals surface area contributed by atoms with Crippen molar-refractivity contribution in [2.75, 3.05) is 19.8 Å². The highest BCUT2D eigenvalue weighted by molar-refractivity contribution is 5.50. The van der Waals surface area contributed by atoms with Crippen molar-refractivity contribution in [3.63, 3.8) is 0 Å². The minimum Gasteiger partial charge on any atom is -0.394 e. The van der Waals surface area contributed by atoms with Crippen molar-refractivity contribution in [2.45, 2.75) is 24.4 Å². The Morgan fingerprint density at radius 3 is 2.71 bits per heavy atom. The van der Waals surface area contributed by atoms with E-state index in [0.717, 1.165) is 0 Å². The first kappa shape index (κ1) is 11.5. The fourth-order valence-electron chi connectivity index (χ4n) is 1.37. The Hall–Kier alpha value is -0.530. The van der Waals surface area contributed by atoms with Crippen LogP contribution in [0.4, 0.5) is 0 Å². The Balaban J connectivity index is 2.47. The Morgan fingerprint density at radius 1 is 1.57 bits per heavy atom. The highest BCUT2D eigenvalue weighted by Crippen LogP contribution is 2.19. The SMILES string of the molecule is O=CCO[C@H](CO)[C@H]1OC[C@H](O)[C@H]1O. The van der Waals surface area contributed by atoms with E-state index in [4.69, 9.17) is 19.7 Å². The van der Waals surface area contributed by atoms with Crippen LogP contribution in [0.15, 0.2) is 0 Å². The number of rotatable bonds is 5. The van der Waals surface area contributed by atoms with Crippen LogP contribution >= 0.6 is 0 Å². The molecule has 0 saturated carbocycles. The highest BCUT2D eigenvalue weighted by Gasteiger charge is 2.40. The molecule has 1 rings (SSSR count). The summed E-state index contributed by atoms with van der Waals surface area (Å²) in [6.07, 6.45) is -3.07. The highest BCUT2D eigenvalue weighted by atomic mass is 16.6. The second-order valence-corrected chi connectivity index (χ2v) is 3.08. The van der Waals surface area contributed by atoms with E-state index < -0.39 is 24.4 Å². The van der Waals surface area contributed by atoms with Gasteiger partial charge < -0.3 is 29.6 Å². The molecule has 6 heteroatoms. The van der Waals surface area contributed by atoms with Crippen molar-refractivity contribution in [2.24, 2.45) is 0 Å². The van der Waals surface area contributed by atoms with Crippen LogP contribution in [-0.4, -0.2) is 65.8 Å². The number of aldehydes is 1. The zero-order valence-electron chi connectivity index (χ0n) is 7.57. The number of aliphatic hydroxyl groups is 3. The number of ether oxygens (including phenoxy) is 2. The number of carbonyl (C=O) groups excluding carboxylic acids is 1. The summed E-state index contributed by atoms with van der Waals surface area (Å²) in [6.45, 7) is -0.539. The molecule has 1 heterocycles. The molecule has 0 spiro atoms. The Bertz CT molecular complexity index is 185. The maximum absolute atomic E-state index is 10.0. The van der Waals surface area contributed by atoms with Crippen LogP contribution in [-0.2, 0) is 14.3 Å². The summed E-state index contributed by atoms with van der Waals surface area (Å²) in [6, 6.07) is 0. The maximum atomic E-state index is 10.0. The van der Waals surface area contributed by atoms with Gasteiger partial charge in [0.2, 0.25) is 0 Å². The van der Waals surface area contributed by atoms with Crippen LogP contribution < -0.4 is 0 Å². The lowest BCUT2D eigenvalue weighted by Crippen LogP contribution is -2.42. The third-order valence-electron chi connectivity index (χ3n) is 2.11. The number of hydrogen-bond donors (Lipinski definition) is 3. The Morgan fingerprint density at radius 2 is 2.29 bits per heavy atom. The van der Waals surface area contributed by atoms with E-state index in [0.29, 0.717) is 6.29 Å². The van der Waals surface area contributed by atoms with Crippen molar-refractivity contribution in [1.82, 2.24) is 0 Å². The van der Waals surface area contributed by atoms with Crippen LogP contribution in [0, 0.1) is 0 Å². The number of aliphatic hydroxyl groups excluding tert-OH is 3. The third kappa shape index (κ3) is 2.49. The summed E-state index contributed by atoms with van der Waals surface area (Å²) in [7, 11) is 0. The molecule has 0 bridgehead atoms. The molecule has 1 aliphatic heterocycles. The third-order valence-corrected chi connectivity index (χ3v) is 2.11. The minimum atomic E-state index is -1.08. The van der Waals surface area contributed by atoms with Gasteiger partial charge in [0.15, 0.2) is 0 Å². The first-order valence-electron chi connectivity index (χ1n) is 4.34. The predicted molar refractivity (Wildman–Crippen MR) is 44.6 cm³/mol. The lowest BCUT2D eigenvalue weighted by molar-refractivity contribution is -0.125. The van der Waals surface area contributed by atoms with Crippen molar-refractivity contribution in [1.29, 1.82) is 0 Å². The van der Waals surface area contributed by atoms with E-state index in [1.807, 2.05) is 0 Å². The average Bonchev–Trinajstić information content (AvgIpc) is 2.51. The topological polar surface area (TPSA) is 96.2 Å². The molecule has 0 amide bonds. The molecule has 0 aromatic carbocycles. The zero-order chi connectivity index (χ0) is 10.6. The predicted octanol–water partition coefficient (Wildman–Crippen LogP) is -2.32. The fourth-order valence-corrected chi connectivity index (χ4v) is 1.37. The van der Waals surface area contributed by atoms with Crippen molar-refractivity contribution < 1.29 is 29.6 Å². The Labute approximate surface area is 81.1 Å². The standard InChI is InChI=1S/C8H14O6/c9-1-2-13-6(3-10)8-7(12)5(11)4-14-8/h1,5-8,10-12H,2-4H2/t5-,6+,7+,8+/m0/s1. The summed E-state index contributed by atoms with van der Waals surface area (Å²) in [5.74, 6) is 0. The van der Waals surface area contributed by atoms with Crippen LogP contribution in [0.1, 0.15) is 0 Å². The normalized spacial score (nSPS) is 34.4. The Kier molecular flexibility index (Phi) is 4.43. The average molecular weight is 206 g/mol. The molecule has 6 nitrogen and oxygen atoms in total. The van der Waals surface area contributed by atoms with Gasteiger partial charge in [0.05, 0.1) is 13.2 Å². The largest absolute Gasteiger partial charge is 0.394 e. The molecule has 14 heavy (non-hydrogen) atoms. The van der Waals surface area contributed by atoms with Crippen LogP contribution in [0.3, 0.4) is 0 Å². The van der Waals surface area contributed by atoms with E-state index >= 15 is 0 Å². The van der Waals surface area contributed by atoms with Gasteiger partial charge in [0.1, 0.15) is 37.3 Å². The van der Waals surface area contributed by atoms with E-state index in [9.17, 15) is 9.90 Å². The summed E-state index contributed by atoms with van der Waals surface area (Å²) in [4.78, 5) is 10.0. The number of carbonyl (C=O) groups is 1. The monoisotopic (exact) mass is 206 g/mol. The van der Waals surface area contributed by atoms with Crippen molar-refractivity contribution in [3.05, 3.63) is 0 Å². The van der Waals surface area contributed by atoms with Gasteiger partial charge in [-0.3, -0.25) is 0 Å². The van der Waals surface area contributed by atoms with E-state index in [-0.39, 0.29) is 19.8 Å². The van der Waals surface area contributed by atoms with Gasteiger partial charge in [0.25, 0.3) is 0 Å². The summed E-state index contributed by atoms with van der Waals surface area (Å²) >= 11 is 0. The van der Waals surface area contributed by atoms with Crippen LogP contribution in [0.2, 0.25) is 0 Å². The van der Waals surface area contributed by atoms with E-state index in [1.165, 1.54) is 0 Å². The maximum Gasteiger partial charge on any atom is 0.145 e. The van der Waals surface area contributed by atoms with Gasteiger partial charge >= 0.3 is 0 Å². The number of hydrogen-bond acceptors (Lipinski definition) is 6. The fraction of sp³-hybridized carbons (Fsp3) is 0.875. The van der Waals surface area contributed by atoms with E-state index in [1.54, 1.807) is 0 Å². The quantitative estimate of drug-likeness (QED) is 0.437. The lowest BCUT2D eigenvalue weighted by atomic mass is 10.1. The molecule has 0 radical (unpaired) electrons. The summed E-state index contributed by atoms with van der Waals surface area (Å²) < 4.78 is 9.96. The van der Waals surface area contributed by atoms with Gasteiger partial charge in [-0.15, -0.1) is 0 Å². The van der Waals surface area contributed by atoms with Gasteiger partial charge in [-0.2, -0.15) is 0 Å². The molecule has 0 unspecified atom stereocenters. The second kappa shape index (κ2) is 5.38. The molecule has 1 aliphatic rings. The molecule has 1 fully saturated rings. The van der Waals surface area contributed by atoms with Crippen molar-refractivity contribution >= 4 is 6.29 Å². The summed E-state index contributed by atoms with van der Waals surface area (Å²) in [5.41, 5.74) is 0. The first-order valence-corrected chi connectivity index (χ1v) is 4.34. The molecule has 1 saturated heterocycles. The van der Waals surface area contributed by atoms with Gasteiger partial charge in [-0.1, -0.05) is 0 Å². The van der Waals surface area contributed by atoms with Crippen LogP contribution in [0.5, 0.6) is 0 Å². The first-order chi connectivity index (χ1) is 6.70.